The Morgan fingerprint density at radius 2 is 1.26 bits per heavy atom. The average Bonchev–Trinajstić information content (AvgIpc) is 3.49. The van der Waals surface area contributed by atoms with Gasteiger partial charge in [-0.3, -0.25) is 4.79 Å². The standard InChI is InChI=1S/C20H19NO3.C12H12O2/c1-12-8-14-10-16(11-15(14)9-13(12)2)19(22)21-18-7-5-4-6-17(18)20(23)24-3;1-7-3-9-5-11(12(13)14)6-10(9)4-8(7)2/h4-10H,11H2,1-3H3,(H,21,22);3-5H,6H2,1-2H3,(H,13,14). The van der Waals surface area contributed by atoms with E-state index in [2.05, 4.69) is 43.4 Å². The van der Waals surface area contributed by atoms with Crippen molar-refractivity contribution in [1.29, 1.82) is 0 Å². The zero-order valence-corrected chi connectivity index (χ0v) is 22.3. The minimum Gasteiger partial charge on any atom is -0.478 e. The zero-order chi connectivity index (χ0) is 27.6. The van der Waals surface area contributed by atoms with Gasteiger partial charge in [-0.05, 0) is 96.5 Å². The number of hydrogen-bond donors (Lipinski definition) is 2. The predicted molar refractivity (Wildman–Crippen MR) is 149 cm³/mol. The highest BCUT2D eigenvalue weighted by Gasteiger charge is 2.21. The van der Waals surface area contributed by atoms with Gasteiger partial charge in [0.05, 0.1) is 18.4 Å². The summed E-state index contributed by atoms with van der Waals surface area (Å²) >= 11 is 0. The van der Waals surface area contributed by atoms with E-state index < -0.39 is 11.9 Å². The number of fused-ring (bicyclic) bond motifs is 2. The lowest BCUT2D eigenvalue weighted by atomic mass is 10.0. The number of para-hydroxylation sites is 1. The third kappa shape index (κ3) is 5.59. The van der Waals surface area contributed by atoms with Crippen LogP contribution >= 0.6 is 0 Å². The molecule has 0 spiro atoms. The van der Waals surface area contributed by atoms with Crippen molar-refractivity contribution in [2.24, 2.45) is 0 Å². The maximum absolute atomic E-state index is 12.6. The van der Waals surface area contributed by atoms with Gasteiger partial charge in [-0.25, -0.2) is 9.59 Å². The highest BCUT2D eigenvalue weighted by Crippen LogP contribution is 2.29. The number of rotatable bonds is 4. The second-order valence-electron chi connectivity index (χ2n) is 9.76. The average molecular weight is 510 g/mol. The van der Waals surface area contributed by atoms with Gasteiger partial charge < -0.3 is 15.2 Å². The van der Waals surface area contributed by atoms with Gasteiger partial charge in [0.15, 0.2) is 0 Å². The summed E-state index contributed by atoms with van der Waals surface area (Å²) in [7, 11) is 1.32. The summed E-state index contributed by atoms with van der Waals surface area (Å²) in [5.74, 6) is -1.48. The van der Waals surface area contributed by atoms with E-state index in [0.29, 0.717) is 35.2 Å². The van der Waals surface area contributed by atoms with Crippen molar-refractivity contribution in [1.82, 2.24) is 0 Å². The van der Waals surface area contributed by atoms with Crippen LogP contribution in [0.1, 0.15) is 54.9 Å². The number of carboxylic acid groups (broad SMARTS) is 1. The molecule has 0 saturated heterocycles. The number of anilines is 1. The van der Waals surface area contributed by atoms with Crippen LogP contribution in [0.5, 0.6) is 0 Å². The lowest BCUT2D eigenvalue weighted by Crippen LogP contribution is -2.17. The molecule has 2 aliphatic carbocycles. The third-order valence-corrected chi connectivity index (χ3v) is 7.08. The molecule has 0 fully saturated rings. The molecule has 5 rings (SSSR count). The molecule has 6 nitrogen and oxygen atoms in total. The zero-order valence-electron chi connectivity index (χ0n) is 22.3. The van der Waals surface area contributed by atoms with Crippen molar-refractivity contribution in [3.63, 3.8) is 0 Å². The monoisotopic (exact) mass is 509 g/mol. The number of hydrogen-bond acceptors (Lipinski definition) is 4. The van der Waals surface area contributed by atoms with Crippen LogP contribution in [0.3, 0.4) is 0 Å². The van der Waals surface area contributed by atoms with Gasteiger partial charge in [0, 0.05) is 24.0 Å². The van der Waals surface area contributed by atoms with Gasteiger partial charge in [0.2, 0.25) is 0 Å². The first-order valence-electron chi connectivity index (χ1n) is 12.4. The van der Waals surface area contributed by atoms with Gasteiger partial charge in [-0.2, -0.15) is 0 Å². The molecule has 3 aromatic rings. The van der Waals surface area contributed by atoms with Gasteiger partial charge in [-0.15, -0.1) is 0 Å². The van der Waals surface area contributed by atoms with Crippen molar-refractivity contribution in [3.05, 3.63) is 110 Å². The Bertz CT molecular complexity index is 1530. The van der Waals surface area contributed by atoms with E-state index >= 15 is 0 Å². The number of esters is 1. The van der Waals surface area contributed by atoms with Gasteiger partial charge >= 0.3 is 11.9 Å². The topological polar surface area (TPSA) is 92.7 Å². The minimum atomic E-state index is -0.809. The number of aliphatic carboxylic acids is 1. The fourth-order valence-electron chi connectivity index (χ4n) is 4.63. The first-order valence-corrected chi connectivity index (χ1v) is 12.4. The Balaban J connectivity index is 0.000000204. The summed E-state index contributed by atoms with van der Waals surface area (Å²) in [6, 6.07) is 15.2. The largest absolute Gasteiger partial charge is 0.478 e. The number of carbonyl (C=O) groups excluding carboxylic acids is 2. The number of carboxylic acids is 1. The summed E-state index contributed by atoms with van der Waals surface area (Å²) in [5.41, 5.74) is 11.3. The van der Waals surface area contributed by atoms with E-state index in [0.717, 1.165) is 22.3 Å². The number of nitrogens with one attached hydrogen (secondary N) is 1. The molecule has 0 aliphatic heterocycles. The fraction of sp³-hybridized carbons (Fsp3) is 0.219. The summed E-state index contributed by atoms with van der Waals surface area (Å²) in [4.78, 5) is 35.2. The molecule has 0 saturated carbocycles. The molecule has 2 aliphatic rings. The van der Waals surface area contributed by atoms with Crippen LogP contribution in [0.4, 0.5) is 5.69 Å². The van der Waals surface area contributed by atoms with Crippen LogP contribution in [0, 0.1) is 27.7 Å². The Hall–Kier alpha value is -4.45. The molecule has 0 aromatic heterocycles. The number of benzene rings is 3. The number of aryl methyl sites for hydroxylation is 4. The van der Waals surface area contributed by atoms with E-state index in [1.165, 1.54) is 29.4 Å². The molecule has 0 atom stereocenters. The molecule has 38 heavy (non-hydrogen) atoms. The van der Waals surface area contributed by atoms with Crippen molar-refractivity contribution in [3.8, 4) is 0 Å². The molecule has 3 aromatic carbocycles. The van der Waals surface area contributed by atoms with Crippen LogP contribution in [0.25, 0.3) is 12.2 Å². The lowest BCUT2D eigenvalue weighted by Gasteiger charge is -2.10. The van der Waals surface area contributed by atoms with Crippen LogP contribution in [0.15, 0.2) is 59.7 Å². The van der Waals surface area contributed by atoms with Crippen LogP contribution in [-0.4, -0.2) is 30.1 Å². The summed E-state index contributed by atoms with van der Waals surface area (Å²) in [6.45, 7) is 8.23. The van der Waals surface area contributed by atoms with Gasteiger partial charge in [0.1, 0.15) is 0 Å². The number of methoxy groups -OCH3 is 1. The van der Waals surface area contributed by atoms with Crippen molar-refractivity contribution >= 4 is 35.7 Å². The first kappa shape index (κ1) is 26.6. The maximum Gasteiger partial charge on any atom is 0.339 e. The minimum absolute atomic E-state index is 0.196. The number of carbonyl (C=O) groups is 3. The summed E-state index contributed by atoms with van der Waals surface area (Å²) < 4.78 is 4.76. The van der Waals surface area contributed by atoms with Crippen LogP contribution < -0.4 is 5.32 Å². The van der Waals surface area contributed by atoms with Crippen molar-refractivity contribution in [2.75, 3.05) is 12.4 Å². The summed E-state index contributed by atoms with van der Waals surface area (Å²) in [5, 5.41) is 11.7. The lowest BCUT2D eigenvalue weighted by molar-refractivity contribution is -0.132. The predicted octanol–water partition coefficient (Wildman–Crippen LogP) is 6.00. The SMILES string of the molecule is COC(=O)c1ccccc1NC(=O)C1=Cc2cc(C)c(C)cc2C1.Cc1cc2c(cc1C)CC(C(=O)O)=C2. The highest BCUT2D eigenvalue weighted by atomic mass is 16.5. The van der Waals surface area contributed by atoms with E-state index in [1.54, 1.807) is 30.3 Å². The molecule has 1 amide bonds. The Labute approximate surface area is 222 Å². The Morgan fingerprint density at radius 1 is 0.763 bits per heavy atom. The molecule has 0 radical (unpaired) electrons. The first-order chi connectivity index (χ1) is 18.1. The Morgan fingerprint density at radius 3 is 1.82 bits per heavy atom. The molecule has 194 valence electrons. The highest BCUT2D eigenvalue weighted by molar-refractivity contribution is 6.11. The van der Waals surface area contributed by atoms with Gasteiger partial charge in [-0.1, -0.05) is 36.4 Å². The summed E-state index contributed by atoms with van der Waals surface area (Å²) in [6.07, 6.45) is 4.84. The molecule has 2 N–H and O–H groups in total. The van der Waals surface area contributed by atoms with Gasteiger partial charge in [0.25, 0.3) is 5.91 Å². The molecule has 0 bridgehead atoms. The van der Waals surface area contributed by atoms with E-state index in [-0.39, 0.29) is 5.91 Å². The van der Waals surface area contributed by atoms with Crippen LogP contribution in [-0.2, 0) is 27.2 Å². The third-order valence-electron chi connectivity index (χ3n) is 7.08. The molecular weight excluding hydrogens is 478 g/mol. The van der Waals surface area contributed by atoms with E-state index in [9.17, 15) is 14.4 Å². The second-order valence-corrected chi connectivity index (χ2v) is 9.76. The Kier molecular flexibility index (Phi) is 7.62. The maximum atomic E-state index is 12.6. The molecule has 0 heterocycles. The second kappa shape index (κ2) is 10.9. The van der Waals surface area contributed by atoms with Crippen molar-refractivity contribution < 1.29 is 24.2 Å². The number of ether oxygens (including phenoxy) is 1. The van der Waals surface area contributed by atoms with Crippen LogP contribution in [0.2, 0.25) is 0 Å². The number of amides is 1. The van der Waals surface area contributed by atoms with E-state index in [4.69, 9.17) is 9.84 Å². The fourth-order valence-corrected chi connectivity index (χ4v) is 4.63. The molecular formula is C32H31NO5. The molecule has 0 unspecified atom stereocenters. The normalized spacial score (nSPS) is 12.9. The quantitative estimate of drug-likeness (QED) is 0.421. The smallest absolute Gasteiger partial charge is 0.339 e. The van der Waals surface area contributed by atoms with E-state index in [1.807, 2.05) is 19.9 Å². The molecule has 6 heteroatoms. The van der Waals surface area contributed by atoms with Crippen molar-refractivity contribution in [2.45, 2.75) is 40.5 Å².